The number of rotatable bonds is 7. The molecule has 1 atom stereocenters. The lowest BCUT2D eigenvalue weighted by molar-refractivity contribution is 0.0935. The second-order valence-corrected chi connectivity index (χ2v) is 8.53. The molecule has 0 saturated carbocycles. The van der Waals surface area contributed by atoms with E-state index in [4.69, 9.17) is 0 Å². The molecule has 6 heteroatoms. The summed E-state index contributed by atoms with van der Waals surface area (Å²) in [4.78, 5) is 12.9. The van der Waals surface area contributed by atoms with Crippen LogP contribution in [0.5, 0.6) is 0 Å². The van der Waals surface area contributed by atoms with Crippen molar-refractivity contribution in [1.29, 1.82) is 0 Å². The number of benzene rings is 3. The summed E-state index contributed by atoms with van der Waals surface area (Å²) in [5.74, 6) is -0.253. The van der Waals surface area contributed by atoms with Crippen LogP contribution in [-0.2, 0) is 10.0 Å². The van der Waals surface area contributed by atoms with Crippen LogP contribution in [0, 0.1) is 6.92 Å². The van der Waals surface area contributed by atoms with E-state index in [9.17, 15) is 13.2 Å². The Kier molecular flexibility index (Phi) is 6.34. The number of carbonyl (C=O) groups excluding carboxylic acids is 1. The fraction of sp³-hybridized carbons (Fsp3) is 0.174. The largest absolute Gasteiger partial charge is 0.345 e. The molecule has 0 saturated heterocycles. The number of aryl methyl sites for hydroxylation is 1. The van der Waals surface area contributed by atoms with Crippen LogP contribution < -0.4 is 10.0 Å². The molecule has 3 aromatic carbocycles. The molecule has 0 bridgehead atoms. The highest BCUT2D eigenvalue weighted by atomic mass is 32.2. The third kappa shape index (κ3) is 5.23. The van der Waals surface area contributed by atoms with Crippen LogP contribution in [0.3, 0.4) is 0 Å². The zero-order chi connectivity index (χ0) is 20.9. The van der Waals surface area contributed by atoms with Gasteiger partial charge in [-0.15, -0.1) is 0 Å². The molecular formula is C23H24N2O3S. The van der Waals surface area contributed by atoms with Gasteiger partial charge < -0.3 is 5.32 Å². The van der Waals surface area contributed by atoms with Crippen LogP contribution in [0.1, 0.15) is 40.9 Å². The summed E-state index contributed by atoms with van der Waals surface area (Å²) < 4.78 is 27.7. The number of carbonyl (C=O) groups is 1. The van der Waals surface area contributed by atoms with Crippen LogP contribution in [0.2, 0.25) is 0 Å². The second-order valence-electron chi connectivity index (χ2n) is 6.84. The highest BCUT2D eigenvalue weighted by Crippen LogP contribution is 2.20. The van der Waals surface area contributed by atoms with Crippen LogP contribution >= 0.6 is 0 Å². The van der Waals surface area contributed by atoms with E-state index in [0.29, 0.717) is 11.3 Å². The minimum absolute atomic E-state index is 0.114. The van der Waals surface area contributed by atoms with E-state index in [2.05, 4.69) is 10.0 Å². The number of nitrogens with one attached hydrogen (secondary N) is 2. The van der Waals surface area contributed by atoms with Gasteiger partial charge in [-0.2, -0.15) is 0 Å². The Labute approximate surface area is 171 Å². The van der Waals surface area contributed by atoms with Crippen molar-refractivity contribution in [3.8, 4) is 0 Å². The summed E-state index contributed by atoms with van der Waals surface area (Å²) in [5.41, 5.74) is 2.74. The van der Waals surface area contributed by atoms with Crippen LogP contribution in [-0.4, -0.2) is 14.3 Å². The predicted octanol–water partition coefficient (Wildman–Crippen LogP) is 4.68. The first-order chi connectivity index (χ1) is 13.9. The molecule has 0 aliphatic rings. The Balaban J connectivity index is 1.76. The van der Waals surface area contributed by atoms with Crippen molar-refractivity contribution in [2.75, 3.05) is 4.72 Å². The Morgan fingerprint density at radius 2 is 1.62 bits per heavy atom. The molecule has 1 unspecified atom stereocenters. The van der Waals surface area contributed by atoms with Crippen LogP contribution in [0.4, 0.5) is 5.69 Å². The van der Waals surface area contributed by atoms with Gasteiger partial charge in [0, 0.05) is 11.3 Å². The molecule has 1 amide bonds. The van der Waals surface area contributed by atoms with Gasteiger partial charge in [0.25, 0.3) is 15.9 Å². The molecule has 2 N–H and O–H groups in total. The summed E-state index contributed by atoms with van der Waals surface area (Å²) in [5, 5.41) is 3.01. The van der Waals surface area contributed by atoms with Crippen molar-refractivity contribution in [2.45, 2.75) is 31.2 Å². The SMILES string of the molecule is CCC(NC(=O)c1cccc(NS(=O)(=O)c2ccc(C)cc2)c1)c1ccccc1. The number of hydrogen-bond acceptors (Lipinski definition) is 3. The van der Waals surface area contributed by atoms with Gasteiger partial charge in [-0.3, -0.25) is 9.52 Å². The van der Waals surface area contributed by atoms with E-state index >= 15 is 0 Å². The first-order valence-electron chi connectivity index (χ1n) is 9.44. The maximum absolute atomic E-state index is 12.7. The Hall–Kier alpha value is -3.12. The maximum Gasteiger partial charge on any atom is 0.261 e. The van der Waals surface area contributed by atoms with Crippen molar-refractivity contribution in [3.63, 3.8) is 0 Å². The molecule has 0 aliphatic heterocycles. The molecule has 29 heavy (non-hydrogen) atoms. The zero-order valence-corrected chi connectivity index (χ0v) is 17.2. The molecule has 0 aliphatic carbocycles. The molecular weight excluding hydrogens is 384 g/mol. The molecule has 3 rings (SSSR count). The van der Waals surface area contributed by atoms with E-state index in [1.807, 2.05) is 44.2 Å². The van der Waals surface area contributed by atoms with Gasteiger partial charge in [-0.05, 0) is 49.2 Å². The van der Waals surface area contributed by atoms with Gasteiger partial charge in [0.05, 0.1) is 10.9 Å². The number of amides is 1. The summed E-state index contributed by atoms with van der Waals surface area (Å²) in [6.07, 6.45) is 0.746. The maximum atomic E-state index is 12.7. The number of sulfonamides is 1. The van der Waals surface area contributed by atoms with E-state index in [1.54, 1.807) is 48.5 Å². The molecule has 0 fully saturated rings. The lowest BCUT2D eigenvalue weighted by Crippen LogP contribution is -2.28. The third-order valence-electron chi connectivity index (χ3n) is 4.62. The summed E-state index contributed by atoms with van der Waals surface area (Å²) in [7, 11) is -3.72. The van der Waals surface area contributed by atoms with E-state index in [0.717, 1.165) is 17.5 Å². The summed E-state index contributed by atoms with van der Waals surface area (Å²) in [6.45, 7) is 3.90. The quantitative estimate of drug-likeness (QED) is 0.596. The zero-order valence-electron chi connectivity index (χ0n) is 16.4. The summed E-state index contributed by atoms with van der Waals surface area (Å²) >= 11 is 0. The molecule has 3 aromatic rings. The normalized spacial score (nSPS) is 12.2. The number of anilines is 1. The summed E-state index contributed by atoms with van der Waals surface area (Å²) in [6, 6.07) is 22.7. The Morgan fingerprint density at radius 1 is 0.931 bits per heavy atom. The van der Waals surface area contributed by atoms with E-state index in [1.165, 1.54) is 0 Å². The predicted molar refractivity (Wildman–Crippen MR) is 115 cm³/mol. The molecule has 0 radical (unpaired) electrons. The monoisotopic (exact) mass is 408 g/mol. The molecule has 0 heterocycles. The first kappa shape index (κ1) is 20.6. The minimum atomic E-state index is -3.72. The Morgan fingerprint density at radius 3 is 2.28 bits per heavy atom. The molecule has 0 spiro atoms. The highest BCUT2D eigenvalue weighted by Gasteiger charge is 2.17. The third-order valence-corrected chi connectivity index (χ3v) is 6.02. The Bertz CT molecular complexity index is 1080. The lowest BCUT2D eigenvalue weighted by atomic mass is 10.0. The standard InChI is InChI=1S/C23H24N2O3S/c1-3-22(18-8-5-4-6-9-18)24-23(26)19-10-7-11-20(16-19)25-29(27,28)21-14-12-17(2)13-15-21/h4-16,22,25H,3H2,1-2H3,(H,24,26). The fourth-order valence-electron chi connectivity index (χ4n) is 3.00. The second kappa shape index (κ2) is 8.92. The topological polar surface area (TPSA) is 75.3 Å². The van der Waals surface area contributed by atoms with Gasteiger partial charge in [-0.25, -0.2) is 8.42 Å². The molecule has 150 valence electrons. The van der Waals surface area contributed by atoms with Crippen molar-refractivity contribution in [3.05, 3.63) is 95.6 Å². The van der Waals surface area contributed by atoms with Gasteiger partial charge in [-0.1, -0.05) is 61.0 Å². The minimum Gasteiger partial charge on any atom is -0.345 e. The smallest absolute Gasteiger partial charge is 0.261 e. The van der Waals surface area contributed by atoms with Crippen molar-refractivity contribution >= 4 is 21.6 Å². The first-order valence-corrected chi connectivity index (χ1v) is 10.9. The average molecular weight is 409 g/mol. The van der Waals surface area contributed by atoms with Crippen molar-refractivity contribution in [2.24, 2.45) is 0 Å². The van der Waals surface area contributed by atoms with Crippen LogP contribution in [0.15, 0.2) is 83.8 Å². The van der Waals surface area contributed by atoms with Crippen molar-refractivity contribution < 1.29 is 13.2 Å². The van der Waals surface area contributed by atoms with Gasteiger partial charge in [0.15, 0.2) is 0 Å². The van der Waals surface area contributed by atoms with E-state index < -0.39 is 10.0 Å². The lowest BCUT2D eigenvalue weighted by Gasteiger charge is -2.18. The molecule has 0 aromatic heterocycles. The van der Waals surface area contributed by atoms with E-state index in [-0.39, 0.29) is 16.8 Å². The van der Waals surface area contributed by atoms with Gasteiger partial charge >= 0.3 is 0 Å². The number of hydrogen-bond donors (Lipinski definition) is 2. The van der Waals surface area contributed by atoms with Gasteiger partial charge in [0.2, 0.25) is 0 Å². The highest BCUT2D eigenvalue weighted by molar-refractivity contribution is 7.92. The average Bonchev–Trinajstić information content (AvgIpc) is 2.72. The fourth-order valence-corrected chi connectivity index (χ4v) is 4.05. The van der Waals surface area contributed by atoms with Gasteiger partial charge in [0.1, 0.15) is 0 Å². The van der Waals surface area contributed by atoms with Crippen LogP contribution in [0.25, 0.3) is 0 Å². The molecule has 5 nitrogen and oxygen atoms in total. The van der Waals surface area contributed by atoms with Crippen molar-refractivity contribution in [1.82, 2.24) is 5.32 Å².